The quantitative estimate of drug-likeness (QED) is 0.437. The number of rotatable bonds is 8. The largest absolute Gasteiger partial charge is 0.466 e. The van der Waals surface area contributed by atoms with Crippen LogP contribution < -0.4 is 5.73 Å². The molecular formula is C21H25NO3. The number of ether oxygens (including phenoxy) is 1. The molecule has 0 saturated carbocycles. The molecule has 2 N–H and O–H groups in total. The summed E-state index contributed by atoms with van der Waals surface area (Å²) >= 11 is 0. The Morgan fingerprint density at radius 1 is 0.960 bits per heavy atom. The maximum atomic E-state index is 12.5. The molecule has 0 heterocycles. The van der Waals surface area contributed by atoms with Crippen LogP contribution in [0.3, 0.4) is 0 Å². The van der Waals surface area contributed by atoms with Crippen LogP contribution in [0, 0.1) is 5.92 Å². The van der Waals surface area contributed by atoms with Crippen LogP contribution >= 0.6 is 0 Å². The summed E-state index contributed by atoms with van der Waals surface area (Å²) in [6.45, 7) is 4.11. The zero-order chi connectivity index (χ0) is 18.2. The average molecular weight is 339 g/mol. The summed E-state index contributed by atoms with van der Waals surface area (Å²) in [6, 6.07) is 15.0. The Hall–Kier alpha value is -2.62. The number of hydrogen-bond acceptors (Lipinski definition) is 4. The van der Waals surface area contributed by atoms with E-state index in [2.05, 4.69) is 0 Å². The molecule has 2 aromatic carbocycles. The van der Waals surface area contributed by atoms with E-state index >= 15 is 0 Å². The summed E-state index contributed by atoms with van der Waals surface area (Å²) in [5.41, 5.74) is 9.10. The highest BCUT2D eigenvalue weighted by atomic mass is 16.5. The number of anilines is 1. The number of esters is 1. The third-order valence-corrected chi connectivity index (χ3v) is 4.14. The van der Waals surface area contributed by atoms with Crippen LogP contribution in [0.5, 0.6) is 0 Å². The van der Waals surface area contributed by atoms with Gasteiger partial charge in [0.1, 0.15) is 0 Å². The van der Waals surface area contributed by atoms with Gasteiger partial charge in [-0.2, -0.15) is 0 Å². The molecule has 0 saturated heterocycles. The third-order valence-electron chi connectivity index (χ3n) is 4.14. The molecule has 0 aliphatic rings. The highest BCUT2D eigenvalue weighted by molar-refractivity contribution is 5.98. The number of carbonyl (C=O) groups is 2. The van der Waals surface area contributed by atoms with Gasteiger partial charge in [0.05, 0.1) is 12.5 Å². The van der Waals surface area contributed by atoms with Gasteiger partial charge in [-0.05, 0) is 36.6 Å². The second kappa shape index (κ2) is 9.02. The van der Waals surface area contributed by atoms with Crippen molar-refractivity contribution >= 4 is 17.4 Å². The van der Waals surface area contributed by atoms with E-state index in [9.17, 15) is 9.59 Å². The molecule has 25 heavy (non-hydrogen) atoms. The minimum absolute atomic E-state index is 0.0321. The summed E-state index contributed by atoms with van der Waals surface area (Å²) in [5, 5.41) is 0. The fraction of sp³-hybridized carbons (Fsp3) is 0.333. The first kappa shape index (κ1) is 18.7. The second-order valence-corrected chi connectivity index (χ2v) is 6.06. The van der Waals surface area contributed by atoms with E-state index in [1.807, 2.05) is 55.5 Å². The Morgan fingerprint density at radius 3 is 2.04 bits per heavy atom. The third kappa shape index (κ3) is 5.18. The van der Waals surface area contributed by atoms with Crippen molar-refractivity contribution in [3.8, 4) is 11.1 Å². The molecule has 0 bridgehead atoms. The van der Waals surface area contributed by atoms with Crippen molar-refractivity contribution in [1.82, 2.24) is 0 Å². The molecule has 0 aromatic heterocycles. The fourth-order valence-electron chi connectivity index (χ4n) is 2.78. The van der Waals surface area contributed by atoms with E-state index in [-0.39, 0.29) is 24.1 Å². The first-order valence-corrected chi connectivity index (χ1v) is 8.71. The summed E-state index contributed by atoms with van der Waals surface area (Å²) in [6.07, 6.45) is 1.69. The summed E-state index contributed by atoms with van der Waals surface area (Å²) < 4.78 is 5.08. The molecule has 4 nitrogen and oxygen atoms in total. The molecular weight excluding hydrogens is 314 g/mol. The molecule has 0 aliphatic heterocycles. The van der Waals surface area contributed by atoms with Crippen LogP contribution in [0.25, 0.3) is 11.1 Å². The van der Waals surface area contributed by atoms with Gasteiger partial charge in [-0.1, -0.05) is 49.7 Å². The Bertz CT molecular complexity index is 705. The maximum absolute atomic E-state index is 12.5. The van der Waals surface area contributed by atoms with Crippen LogP contribution in [-0.2, 0) is 9.53 Å². The zero-order valence-electron chi connectivity index (χ0n) is 14.8. The topological polar surface area (TPSA) is 69.4 Å². The van der Waals surface area contributed by atoms with Gasteiger partial charge in [0.25, 0.3) is 0 Å². The fourth-order valence-corrected chi connectivity index (χ4v) is 2.78. The Morgan fingerprint density at radius 2 is 1.52 bits per heavy atom. The molecule has 1 unspecified atom stereocenters. The number of ketones is 1. The molecule has 2 rings (SSSR count). The molecule has 1 atom stereocenters. The number of hydrogen-bond donors (Lipinski definition) is 1. The predicted octanol–water partition coefficient (Wildman–Crippen LogP) is 4.49. The maximum Gasteiger partial charge on any atom is 0.309 e. The van der Waals surface area contributed by atoms with Crippen LogP contribution in [0.15, 0.2) is 48.5 Å². The number of nitrogens with two attached hydrogens (primary N) is 1. The molecule has 4 heteroatoms. The van der Waals surface area contributed by atoms with Gasteiger partial charge >= 0.3 is 5.97 Å². The van der Waals surface area contributed by atoms with Crippen molar-refractivity contribution in [2.24, 2.45) is 5.92 Å². The van der Waals surface area contributed by atoms with E-state index < -0.39 is 0 Å². The summed E-state index contributed by atoms with van der Waals surface area (Å²) in [7, 11) is 0. The van der Waals surface area contributed by atoms with Crippen molar-refractivity contribution < 1.29 is 14.3 Å². The van der Waals surface area contributed by atoms with Gasteiger partial charge < -0.3 is 10.5 Å². The molecule has 0 radical (unpaired) electrons. The van der Waals surface area contributed by atoms with Crippen LogP contribution in [0.4, 0.5) is 5.69 Å². The highest BCUT2D eigenvalue weighted by Crippen LogP contribution is 2.23. The van der Waals surface area contributed by atoms with Gasteiger partial charge in [-0.25, -0.2) is 0 Å². The Labute approximate surface area is 149 Å². The standard InChI is InChI=1S/C21H25NO3/c1-3-5-18(21(24)25-4-2)14-20(23)17-8-6-15(7-9-17)16-10-12-19(22)13-11-16/h6-13,18H,3-5,14,22H2,1-2H3. The van der Waals surface area contributed by atoms with E-state index in [1.165, 1.54) is 0 Å². The normalized spacial score (nSPS) is 11.8. The van der Waals surface area contributed by atoms with Gasteiger partial charge in [-0.15, -0.1) is 0 Å². The van der Waals surface area contributed by atoms with E-state index in [0.717, 1.165) is 23.2 Å². The lowest BCUT2D eigenvalue weighted by atomic mass is 9.93. The summed E-state index contributed by atoms with van der Waals surface area (Å²) in [5.74, 6) is -0.680. The molecule has 0 amide bonds. The van der Waals surface area contributed by atoms with Crippen molar-refractivity contribution in [3.05, 3.63) is 54.1 Å². The molecule has 132 valence electrons. The smallest absolute Gasteiger partial charge is 0.309 e. The predicted molar refractivity (Wildman–Crippen MR) is 100 cm³/mol. The van der Waals surface area contributed by atoms with Gasteiger partial charge in [-0.3, -0.25) is 9.59 Å². The van der Waals surface area contributed by atoms with Gasteiger partial charge in [0, 0.05) is 17.7 Å². The van der Waals surface area contributed by atoms with E-state index in [1.54, 1.807) is 6.92 Å². The van der Waals surface area contributed by atoms with Crippen LogP contribution in [-0.4, -0.2) is 18.4 Å². The SMILES string of the molecule is CCCC(CC(=O)c1ccc(-c2ccc(N)cc2)cc1)C(=O)OCC. The average Bonchev–Trinajstić information content (AvgIpc) is 2.62. The van der Waals surface area contributed by atoms with Crippen molar-refractivity contribution in [1.29, 1.82) is 0 Å². The van der Waals surface area contributed by atoms with E-state index in [4.69, 9.17) is 10.5 Å². The Kier molecular flexibility index (Phi) is 6.75. The lowest BCUT2D eigenvalue weighted by Gasteiger charge is -2.14. The number of benzene rings is 2. The summed E-state index contributed by atoms with van der Waals surface area (Å²) in [4.78, 5) is 24.5. The van der Waals surface area contributed by atoms with Gasteiger partial charge in [0.2, 0.25) is 0 Å². The molecule has 0 spiro atoms. The van der Waals surface area contributed by atoms with Gasteiger partial charge in [0.15, 0.2) is 5.78 Å². The zero-order valence-corrected chi connectivity index (χ0v) is 14.8. The van der Waals surface area contributed by atoms with Crippen molar-refractivity contribution in [2.75, 3.05) is 12.3 Å². The number of carbonyl (C=O) groups excluding carboxylic acids is 2. The Balaban J connectivity index is 2.08. The number of nitrogen functional groups attached to an aromatic ring is 1. The minimum Gasteiger partial charge on any atom is -0.466 e. The first-order valence-electron chi connectivity index (χ1n) is 8.71. The highest BCUT2D eigenvalue weighted by Gasteiger charge is 2.22. The lowest BCUT2D eigenvalue weighted by molar-refractivity contribution is -0.148. The molecule has 0 aliphatic carbocycles. The monoisotopic (exact) mass is 339 g/mol. The van der Waals surface area contributed by atoms with Crippen molar-refractivity contribution in [2.45, 2.75) is 33.1 Å². The molecule has 0 fully saturated rings. The molecule has 2 aromatic rings. The van der Waals surface area contributed by atoms with Crippen molar-refractivity contribution in [3.63, 3.8) is 0 Å². The van der Waals surface area contributed by atoms with E-state index in [0.29, 0.717) is 18.6 Å². The minimum atomic E-state index is -0.366. The van der Waals surface area contributed by atoms with Crippen LogP contribution in [0.1, 0.15) is 43.5 Å². The number of Topliss-reactive ketones (excluding diaryl/α,β-unsaturated/α-hetero) is 1. The lowest BCUT2D eigenvalue weighted by Crippen LogP contribution is -2.21. The van der Waals surface area contributed by atoms with Crippen LogP contribution in [0.2, 0.25) is 0 Å². The first-order chi connectivity index (χ1) is 12.0. The second-order valence-electron chi connectivity index (χ2n) is 6.06.